The molecular weight excluding hydrogens is 362 g/mol. The molecule has 3 heterocycles. The van der Waals surface area contributed by atoms with Gasteiger partial charge in [0.25, 0.3) is 0 Å². The van der Waals surface area contributed by atoms with Gasteiger partial charge in [0.05, 0.1) is 6.04 Å². The maximum Gasteiger partial charge on any atom is 0.407 e. The van der Waals surface area contributed by atoms with Gasteiger partial charge in [0.1, 0.15) is 0 Å². The van der Waals surface area contributed by atoms with Crippen LogP contribution in [-0.2, 0) is 18.3 Å². The molecule has 2 saturated heterocycles. The summed E-state index contributed by atoms with van der Waals surface area (Å²) in [5, 5.41) is 13.7. The molecule has 5 rings (SSSR count). The minimum Gasteiger partial charge on any atom is -0.465 e. The standard InChI is InChI=1S/C24H29N3O2/c1-23(2,3)21-24(11-16(26-14-24)13-27(21)22(28)29)20-17-9-10-19(20)25-12-18(17)15-7-5-4-6-8-15/h4-8,12,16,21,26H,9-11,13-14H2,1-3H3,(H,28,29). The third-order valence-electron chi connectivity index (χ3n) is 7.09. The molecule has 0 radical (unpaired) electrons. The van der Waals surface area contributed by atoms with Crippen LogP contribution in [0.25, 0.3) is 11.1 Å². The molecule has 4 bridgehead atoms. The number of aryl methyl sites for hydroxylation is 1. The van der Waals surface area contributed by atoms with Crippen molar-refractivity contribution in [1.82, 2.24) is 15.2 Å². The SMILES string of the molecule is CC(C)(C)C1N(C(=O)O)CC2CC1(c1c3ncc(-c4ccccc4)c1CC3)CN2. The number of rotatable bonds is 2. The number of benzene rings is 1. The van der Waals surface area contributed by atoms with Gasteiger partial charge < -0.3 is 15.3 Å². The molecule has 2 N–H and O–H groups in total. The van der Waals surface area contributed by atoms with Crippen LogP contribution in [0.1, 0.15) is 44.0 Å². The van der Waals surface area contributed by atoms with E-state index in [9.17, 15) is 9.90 Å². The van der Waals surface area contributed by atoms with E-state index in [1.807, 2.05) is 12.3 Å². The Balaban J connectivity index is 1.73. The Bertz CT molecular complexity index is 966. The normalized spacial score (nSPS) is 28.0. The monoisotopic (exact) mass is 391 g/mol. The first-order valence-corrected chi connectivity index (χ1v) is 10.6. The smallest absolute Gasteiger partial charge is 0.407 e. The van der Waals surface area contributed by atoms with Crippen molar-refractivity contribution in [3.63, 3.8) is 0 Å². The zero-order chi connectivity index (χ0) is 20.4. The van der Waals surface area contributed by atoms with Gasteiger partial charge in [0.15, 0.2) is 0 Å². The maximum absolute atomic E-state index is 12.3. The van der Waals surface area contributed by atoms with E-state index in [-0.39, 0.29) is 22.9 Å². The van der Waals surface area contributed by atoms with E-state index in [0.29, 0.717) is 6.54 Å². The molecule has 3 unspecified atom stereocenters. The number of likely N-dealkylation sites (tertiary alicyclic amines) is 1. The van der Waals surface area contributed by atoms with Gasteiger partial charge in [0, 0.05) is 42.0 Å². The summed E-state index contributed by atoms with van der Waals surface area (Å²) in [4.78, 5) is 18.9. The summed E-state index contributed by atoms with van der Waals surface area (Å²) < 4.78 is 0. The Hall–Kier alpha value is -2.40. The number of fused-ring (bicyclic) bond motifs is 5. The highest BCUT2D eigenvalue weighted by atomic mass is 16.4. The molecule has 1 aromatic heterocycles. The number of nitrogens with zero attached hydrogens (tertiary/aromatic N) is 2. The lowest BCUT2D eigenvalue weighted by Crippen LogP contribution is -2.63. The first kappa shape index (κ1) is 18.6. The van der Waals surface area contributed by atoms with Crippen LogP contribution in [0.2, 0.25) is 0 Å². The number of amides is 1. The third-order valence-corrected chi connectivity index (χ3v) is 7.09. The molecule has 0 spiro atoms. The number of carbonyl (C=O) groups is 1. The van der Waals surface area contributed by atoms with E-state index < -0.39 is 6.09 Å². The number of pyridine rings is 1. The quantitative estimate of drug-likeness (QED) is 0.816. The second-order valence-electron chi connectivity index (χ2n) is 9.98. The fourth-order valence-corrected chi connectivity index (χ4v) is 6.44. The highest BCUT2D eigenvalue weighted by Gasteiger charge is 2.59. The topological polar surface area (TPSA) is 65.5 Å². The van der Waals surface area contributed by atoms with Crippen LogP contribution in [0.3, 0.4) is 0 Å². The Kier molecular flexibility index (Phi) is 4.04. The Morgan fingerprint density at radius 2 is 2.00 bits per heavy atom. The lowest BCUT2D eigenvalue weighted by atomic mass is 9.61. The first-order chi connectivity index (χ1) is 13.8. The summed E-state index contributed by atoms with van der Waals surface area (Å²) in [7, 11) is 0. The maximum atomic E-state index is 12.3. The first-order valence-electron chi connectivity index (χ1n) is 10.6. The van der Waals surface area contributed by atoms with Gasteiger partial charge in [-0.25, -0.2) is 4.79 Å². The third kappa shape index (κ3) is 2.71. The van der Waals surface area contributed by atoms with Crippen molar-refractivity contribution in [2.75, 3.05) is 13.1 Å². The van der Waals surface area contributed by atoms with E-state index in [4.69, 9.17) is 4.98 Å². The zero-order valence-electron chi connectivity index (χ0n) is 17.4. The number of hydrogen-bond acceptors (Lipinski definition) is 3. The Labute approximate surface area is 172 Å². The van der Waals surface area contributed by atoms with E-state index in [0.717, 1.165) is 25.8 Å². The largest absolute Gasteiger partial charge is 0.465 e. The van der Waals surface area contributed by atoms with Crippen LogP contribution in [0.4, 0.5) is 4.79 Å². The lowest BCUT2D eigenvalue weighted by Gasteiger charge is -2.52. The molecule has 1 amide bonds. The minimum atomic E-state index is -0.808. The number of carboxylic acid groups (broad SMARTS) is 1. The zero-order valence-corrected chi connectivity index (χ0v) is 17.4. The summed E-state index contributed by atoms with van der Waals surface area (Å²) in [5.41, 5.74) is 5.89. The van der Waals surface area contributed by atoms with Gasteiger partial charge in [0.2, 0.25) is 0 Å². The van der Waals surface area contributed by atoms with Crippen LogP contribution in [0.15, 0.2) is 36.5 Å². The second-order valence-corrected chi connectivity index (χ2v) is 9.98. The molecule has 5 heteroatoms. The molecule has 2 aliphatic heterocycles. The average molecular weight is 392 g/mol. The molecular formula is C24H29N3O2. The van der Waals surface area contributed by atoms with Gasteiger partial charge in [-0.15, -0.1) is 0 Å². The van der Waals surface area contributed by atoms with E-state index in [2.05, 4.69) is 50.4 Å². The fraction of sp³-hybridized carbons (Fsp3) is 0.500. The van der Waals surface area contributed by atoms with Gasteiger partial charge in [-0.1, -0.05) is 51.1 Å². The van der Waals surface area contributed by atoms with E-state index >= 15 is 0 Å². The van der Waals surface area contributed by atoms with Crippen LogP contribution in [-0.4, -0.2) is 46.3 Å². The molecule has 3 atom stereocenters. The summed E-state index contributed by atoms with van der Waals surface area (Å²) in [6.07, 6.45) is 4.14. The van der Waals surface area contributed by atoms with Crippen molar-refractivity contribution < 1.29 is 9.90 Å². The van der Waals surface area contributed by atoms with E-state index in [1.165, 1.54) is 27.9 Å². The minimum absolute atomic E-state index is 0.0813. The van der Waals surface area contributed by atoms with Gasteiger partial charge >= 0.3 is 6.09 Å². The summed E-state index contributed by atoms with van der Waals surface area (Å²) >= 11 is 0. The molecule has 29 heavy (non-hydrogen) atoms. The molecule has 2 aromatic rings. The van der Waals surface area contributed by atoms with Gasteiger partial charge in [-0.2, -0.15) is 0 Å². The summed E-state index contributed by atoms with van der Waals surface area (Å²) in [6, 6.07) is 10.6. The van der Waals surface area contributed by atoms with Crippen molar-refractivity contribution in [3.8, 4) is 11.1 Å². The number of nitrogens with one attached hydrogen (secondary N) is 1. The van der Waals surface area contributed by atoms with Crippen LogP contribution >= 0.6 is 0 Å². The van der Waals surface area contributed by atoms with Gasteiger partial charge in [-0.3, -0.25) is 4.98 Å². The predicted octanol–water partition coefficient (Wildman–Crippen LogP) is 3.86. The number of hydrogen-bond donors (Lipinski definition) is 2. The van der Waals surface area contributed by atoms with Crippen molar-refractivity contribution >= 4 is 6.09 Å². The molecule has 0 saturated carbocycles. The van der Waals surface area contributed by atoms with Crippen LogP contribution < -0.4 is 5.32 Å². The van der Waals surface area contributed by atoms with E-state index in [1.54, 1.807) is 4.90 Å². The predicted molar refractivity (Wildman–Crippen MR) is 113 cm³/mol. The second kappa shape index (κ2) is 6.30. The highest BCUT2D eigenvalue weighted by molar-refractivity contribution is 5.72. The molecule has 2 fully saturated rings. The number of piperidine rings is 1. The summed E-state index contributed by atoms with van der Waals surface area (Å²) in [5.74, 6) is 0. The molecule has 1 aromatic carbocycles. The van der Waals surface area contributed by atoms with Crippen LogP contribution in [0.5, 0.6) is 0 Å². The Morgan fingerprint density at radius 3 is 2.69 bits per heavy atom. The Morgan fingerprint density at radius 1 is 1.24 bits per heavy atom. The molecule has 152 valence electrons. The van der Waals surface area contributed by atoms with Crippen molar-refractivity contribution in [3.05, 3.63) is 53.3 Å². The van der Waals surface area contributed by atoms with Crippen LogP contribution in [0, 0.1) is 5.41 Å². The van der Waals surface area contributed by atoms with Gasteiger partial charge in [-0.05, 0) is 41.4 Å². The summed E-state index contributed by atoms with van der Waals surface area (Å²) in [6.45, 7) is 7.93. The van der Waals surface area contributed by atoms with Crippen molar-refractivity contribution in [2.24, 2.45) is 5.41 Å². The van der Waals surface area contributed by atoms with Crippen molar-refractivity contribution in [1.29, 1.82) is 0 Å². The van der Waals surface area contributed by atoms with Crippen molar-refractivity contribution in [2.45, 2.75) is 57.5 Å². The lowest BCUT2D eigenvalue weighted by molar-refractivity contribution is 0.0195. The molecule has 1 aliphatic carbocycles. The highest BCUT2D eigenvalue weighted by Crippen LogP contribution is 2.53. The molecule has 3 aliphatic rings. The number of aromatic nitrogens is 1. The molecule has 5 nitrogen and oxygen atoms in total. The average Bonchev–Trinajstić information content (AvgIpc) is 3.17. The fourth-order valence-electron chi connectivity index (χ4n) is 6.44.